The third-order valence-corrected chi connectivity index (χ3v) is 2.84. The van der Waals surface area contributed by atoms with Crippen LogP contribution in [-0.2, 0) is 16.0 Å². The van der Waals surface area contributed by atoms with Crippen LogP contribution in [0.5, 0.6) is 0 Å². The summed E-state index contributed by atoms with van der Waals surface area (Å²) >= 11 is 0. The summed E-state index contributed by atoms with van der Waals surface area (Å²) in [5.74, 6) is -0.157. The van der Waals surface area contributed by atoms with Gasteiger partial charge in [-0.1, -0.05) is 18.2 Å². The predicted octanol–water partition coefficient (Wildman–Crippen LogP) is 2.11. The number of para-hydroxylation sites is 1. The number of fused-ring (bicyclic) bond motifs is 1. The Labute approximate surface area is 115 Å². The monoisotopic (exact) mass is 282 g/mol. The van der Waals surface area contributed by atoms with Gasteiger partial charge in [-0.05, 0) is 11.6 Å². The van der Waals surface area contributed by atoms with Gasteiger partial charge in [-0.2, -0.15) is 0 Å². The topological polar surface area (TPSA) is 54.1 Å². The smallest absolute Gasteiger partial charge is 0.261 e. The minimum Gasteiger partial charge on any atom is -0.374 e. The normalized spacial score (nSPS) is 11.2. The maximum atomic E-state index is 11.8. The number of carbonyl (C=O) groups is 1. The number of H-pyrrole nitrogens is 1. The molecule has 0 unspecified atom stereocenters. The molecule has 0 aliphatic heterocycles. The molecule has 1 aromatic carbocycles. The maximum absolute atomic E-state index is 11.8. The molecule has 108 valence electrons. The third kappa shape index (κ3) is 4.03. The highest BCUT2D eigenvalue weighted by Crippen LogP contribution is 2.17. The Morgan fingerprint density at radius 3 is 2.95 bits per heavy atom. The molecule has 6 heteroatoms. The molecule has 0 atom stereocenters. The molecule has 1 amide bonds. The maximum Gasteiger partial charge on any atom is 0.261 e. The van der Waals surface area contributed by atoms with E-state index >= 15 is 0 Å². The zero-order valence-electron chi connectivity index (χ0n) is 10.9. The van der Waals surface area contributed by atoms with Gasteiger partial charge in [-0.25, -0.2) is 8.78 Å². The first-order chi connectivity index (χ1) is 9.66. The molecule has 2 aromatic rings. The molecule has 0 fully saturated rings. The van der Waals surface area contributed by atoms with Gasteiger partial charge in [-0.3, -0.25) is 4.79 Å². The van der Waals surface area contributed by atoms with Gasteiger partial charge in [0.1, 0.15) is 6.61 Å². The van der Waals surface area contributed by atoms with Crippen LogP contribution in [0, 0.1) is 0 Å². The van der Waals surface area contributed by atoms with Gasteiger partial charge in [0.25, 0.3) is 6.43 Å². The molecule has 4 nitrogen and oxygen atoms in total. The van der Waals surface area contributed by atoms with Crippen molar-refractivity contribution in [1.29, 1.82) is 0 Å². The number of hydrogen-bond acceptors (Lipinski definition) is 2. The minimum atomic E-state index is -2.48. The van der Waals surface area contributed by atoms with Crippen molar-refractivity contribution in [2.45, 2.75) is 12.8 Å². The van der Waals surface area contributed by atoms with E-state index < -0.39 is 13.0 Å². The van der Waals surface area contributed by atoms with Gasteiger partial charge < -0.3 is 15.0 Å². The average Bonchev–Trinajstić information content (AvgIpc) is 2.81. The van der Waals surface area contributed by atoms with E-state index in [4.69, 9.17) is 0 Å². The first-order valence-corrected chi connectivity index (χ1v) is 6.34. The van der Waals surface area contributed by atoms with Crippen LogP contribution in [0.4, 0.5) is 8.78 Å². The second kappa shape index (κ2) is 7.00. The molecule has 0 bridgehead atoms. The van der Waals surface area contributed by atoms with Crippen molar-refractivity contribution >= 4 is 16.8 Å². The number of aromatic amines is 1. The molecule has 2 N–H and O–H groups in total. The summed E-state index contributed by atoms with van der Waals surface area (Å²) in [5.41, 5.74) is 1.89. The number of hydrogen-bond donors (Lipinski definition) is 2. The Morgan fingerprint density at radius 1 is 1.35 bits per heavy atom. The van der Waals surface area contributed by atoms with Crippen LogP contribution < -0.4 is 5.32 Å². The number of benzene rings is 1. The lowest BCUT2D eigenvalue weighted by atomic mass is 10.1. The van der Waals surface area contributed by atoms with E-state index in [9.17, 15) is 13.6 Å². The molecular weight excluding hydrogens is 266 g/mol. The second-order valence-electron chi connectivity index (χ2n) is 4.35. The van der Waals surface area contributed by atoms with Crippen molar-refractivity contribution in [2.24, 2.45) is 0 Å². The Hall–Kier alpha value is -1.95. The van der Waals surface area contributed by atoms with Gasteiger partial charge in [0, 0.05) is 23.6 Å². The molecule has 0 saturated carbocycles. The lowest BCUT2D eigenvalue weighted by molar-refractivity contribution is -0.120. The van der Waals surface area contributed by atoms with E-state index in [1.807, 2.05) is 24.3 Å². The lowest BCUT2D eigenvalue weighted by Crippen LogP contribution is -2.29. The largest absolute Gasteiger partial charge is 0.374 e. The Morgan fingerprint density at radius 2 is 2.15 bits per heavy atom. The Balaban J connectivity index is 1.77. The lowest BCUT2D eigenvalue weighted by Gasteiger charge is -2.05. The minimum absolute atomic E-state index is 0.0873. The fourth-order valence-corrected chi connectivity index (χ4v) is 1.95. The van der Waals surface area contributed by atoms with Crippen molar-refractivity contribution in [2.75, 3.05) is 19.8 Å². The fraction of sp³-hybridized carbons (Fsp3) is 0.357. The van der Waals surface area contributed by atoms with Gasteiger partial charge in [0.05, 0.1) is 13.0 Å². The summed E-state index contributed by atoms with van der Waals surface area (Å²) in [6, 6.07) is 7.72. The van der Waals surface area contributed by atoms with E-state index in [-0.39, 0.29) is 25.5 Å². The van der Waals surface area contributed by atoms with Crippen LogP contribution in [0.2, 0.25) is 0 Å². The number of rotatable bonds is 7. The van der Waals surface area contributed by atoms with Crippen LogP contribution in [0.1, 0.15) is 5.56 Å². The predicted molar refractivity (Wildman–Crippen MR) is 71.8 cm³/mol. The Kier molecular flexibility index (Phi) is 5.06. The fourth-order valence-electron chi connectivity index (χ4n) is 1.95. The quantitative estimate of drug-likeness (QED) is 0.764. The second-order valence-corrected chi connectivity index (χ2v) is 4.35. The summed E-state index contributed by atoms with van der Waals surface area (Å²) < 4.78 is 28.3. The number of nitrogens with one attached hydrogen (secondary N) is 2. The Bertz CT molecular complexity index is 569. The van der Waals surface area contributed by atoms with Crippen LogP contribution in [-0.4, -0.2) is 37.1 Å². The average molecular weight is 282 g/mol. The standard InChI is InChI=1S/C14H16F2N2O2/c15-13(16)9-20-6-5-17-14(19)7-10-8-18-12-4-2-1-3-11(10)12/h1-4,8,13,18H,5-7,9H2,(H,17,19). The molecule has 0 spiro atoms. The van der Waals surface area contributed by atoms with Crippen molar-refractivity contribution in [1.82, 2.24) is 10.3 Å². The molecule has 20 heavy (non-hydrogen) atoms. The van der Waals surface area contributed by atoms with Crippen molar-refractivity contribution in [3.8, 4) is 0 Å². The van der Waals surface area contributed by atoms with E-state index in [0.717, 1.165) is 16.5 Å². The number of halogens is 2. The summed E-state index contributed by atoms with van der Waals surface area (Å²) in [7, 11) is 0. The molecule has 1 heterocycles. The molecule has 0 aliphatic carbocycles. The van der Waals surface area contributed by atoms with Gasteiger partial charge in [0.15, 0.2) is 0 Å². The summed E-state index contributed by atoms with van der Waals surface area (Å²) in [4.78, 5) is 14.8. The highest BCUT2D eigenvalue weighted by atomic mass is 19.3. The highest BCUT2D eigenvalue weighted by molar-refractivity contribution is 5.88. The molecule has 0 radical (unpaired) electrons. The number of aromatic nitrogens is 1. The zero-order valence-corrected chi connectivity index (χ0v) is 10.9. The van der Waals surface area contributed by atoms with Gasteiger partial charge in [-0.15, -0.1) is 0 Å². The molecule has 0 aliphatic rings. The SMILES string of the molecule is O=C(Cc1c[nH]c2ccccc12)NCCOCC(F)F. The summed E-state index contributed by atoms with van der Waals surface area (Å²) in [6.07, 6.45) is -0.423. The van der Waals surface area contributed by atoms with E-state index in [0.29, 0.717) is 0 Å². The van der Waals surface area contributed by atoms with Crippen molar-refractivity contribution in [3.63, 3.8) is 0 Å². The van der Waals surface area contributed by atoms with Crippen LogP contribution in [0.15, 0.2) is 30.5 Å². The summed E-state index contributed by atoms with van der Waals surface area (Å²) in [6.45, 7) is -0.282. The number of amides is 1. The van der Waals surface area contributed by atoms with Gasteiger partial charge >= 0.3 is 0 Å². The summed E-state index contributed by atoms with van der Waals surface area (Å²) in [5, 5.41) is 3.65. The molecular formula is C14H16F2N2O2. The molecule has 1 aromatic heterocycles. The number of ether oxygens (including phenoxy) is 1. The molecule has 2 rings (SSSR count). The van der Waals surface area contributed by atoms with Crippen LogP contribution in [0.3, 0.4) is 0 Å². The molecule has 0 saturated heterocycles. The van der Waals surface area contributed by atoms with Gasteiger partial charge in [0.2, 0.25) is 5.91 Å². The van der Waals surface area contributed by atoms with Crippen molar-refractivity contribution in [3.05, 3.63) is 36.0 Å². The number of carbonyl (C=O) groups excluding carboxylic acids is 1. The van der Waals surface area contributed by atoms with E-state index in [1.165, 1.54) is 0 Å². The van der Waals surface area contributed by atoms with Crippen LogP contribution in [0.25, 0.3) is 10.9 Å². The first-order valence-electron chi connectivity index (χ1n) is 6.34. The van der Waals surface area contributed by atoms with Crippen LogP contribution >= 0.6 is 0 Å². The van der Waals surface area contributed by atoms with Crippen molar-refractivity contribution < 1.29 is 18.3 Å². The first kappa shape index (κ1) is 14.5. The van der Waals surface area contributed by atoms with E-state index in [2.05, 4.69) is 15.0 Å². The van der Waals surface area contributed by atoms with E-state index in [1.54, 1.807) is 6.20 Å². The third-order valence-electron chi connectivity index (χ3n) is 2.84. The zero-order chi connectivity index (χ0) is 14.4. The highest BCUT2D eigenvalue weighted by Gasteiger charge is 2.08. The number of alkyl halides is 2.